The van der Waals surface area contributed by atoms with E-state index in [1.54, 1.807) is 7.05 Å². The fourth-order valence-electron chi connectivity index (χ4n) is 1.68. The molecule has 86 valence electrons. The monoisotopic (exact) mass is 236 g/mol. The van der Waals surface area contributed by atoms with Gasteiger partial charge in [0.15, 0.2) is 5.44 Å². The Bertz CT molecular complexity index is 279. The molecule has 2 rings (SSSR count). The van der Waals surface area contributed by atoms with Crippen LogP contribution in [0.1, 0.15) is 0 Å². The molecule has 1 saturated heterocycles. The molecule has 0 spiro atoms. The van der Waals surface area contributed by atoms with Crippen molar-refractivity contribution in [1.82, 2.24) is 5.32 Å². The Labute approximate surface area is 90.7 Å². The highest BCUT2D eigenvalue weighted by atomic mass is 32.2. The van der Waals surface area contributed by atoms with Gasteiger partial charge in [0.25, 0.3) is 6.02 Å². The lowest BCUT2D eigenvalue weighted by molar-refractivity contribution is -0.0149. The van der Waals surface area contributed by atoms with E-state index in [0.717, 1.165) is 0 Å². The second-order valence-electron chi connectivity index (χ2n) is 3.47. The zero-order valence-electron chi connectivity index (χ0n) is 8.13. The number of alkyl halides is 1. The molecule has 2 aliphatic rings. The average Bonchev–Trinajstić information content (AvgIpc) is 2.66. The molecule has 0 aromatic carbocycles. The zero-order chi connectivity index (χ0) is 11.0. The van der Waals surface area contributed by atoms with E-state index >= 15 is 0 Å². The van der Waals surface area contributed by atoms with Gasteiger partial charge in [-0.3, -0.25) is 0 Å². The summed E-state index contributed by atoms with van der Waals surface area (Å²) in [5.41, 5.74) is -0.411. The van der Waals surface area contributed by atoms with Crippen LogP contribution in [0.4, 0.5) is 4.39 Å². The topological polar surface area (TPSA) is 74.1 Å². The van der Waals surface area contributed by atoms with Crippen molar-refractivity contribution in [3.05, 3.63) is 0 Å². The van der Waals surface area contributed by atoms with Gasteiger partial charge in [-0.15, -0.1) is 11.8 Å². The molecule has 0 amide bonds. The molecule has 0 aliphatic carbocycles. The van der Waals surface area contributed by atoms with E-state index in [2.05, 4.69) is 10.3 Å². The maximum Gasteiger partial charge on any atom is 0.286 e. The molecule has 0 aromatic heterocycles. The predicted molar refractivity (Wildman–Crippen MR) is 54.5 cm³/mol. The Morgan fingerprint density at radius 1 is 1.53 bits per heavy atom. The number of hydrogen-bond acceptors (Lipinski definition) is 6. The van der Waals surface area contributed by atoms with Crippen LogP contribution in [0, 0.1) is 0 Å². The molecule has 5 nitrogen and oxygen atoms in total. The van der Waals surface area contributed by atoms with Gasteiger partial charge < -0.3 is 20.3 Å². The number of ether oxygens (including phenoxy) is 1. The maximum absolute atomic E-state index is 12.5. The lowest BCUT2D eigenvalue weighted by Gasteiger charge is -2.35. The first-order valence-corrected chi connectivity index (χ1v) is 5.61. The fourth-order valence-corrected chi connectivity index (χ4v) is 2.95. The zero-order valence-corrected chi connectivity index (χ0v) is 8.95. The van der Waals surface area contributed by atoms with E-state index in [0.29, 0.717) is 6.02 Å². The van der Waals surface area contributed by atoms with Crippen molar-refractivity contribution in [2.24, 2.45) is 4.99 Å². The molecule has 1 fully saturated rings. The van der Waals surface area contributed by atoms with E-state index in [9.17, 15) is 14.6 Å². The van der Waals surface area contributed by atoms with Crippen molar-refractivity contribution in [1.29, 1.82) is 0 Å². The second kappa shape index (κ2) is 4.15. The Balaban J connectivity index is 2.12. The van der Waals surface area contributed by atoms with Crippen molar-refractivity contribution in [3.63, 3.8) is 0 Å². The number of nitrogens with one attached hydrogen (secondary N) is 1. The first-order chi connectivity index (χ1) is 7.17. The summed E-state index contributed by atoms with van der Waals surface area (Å²) in [6.45, 7) is -0.690. The Morgan fingerprint density at radius 2 is 2.27 bits per heavy atom. The number of aliphatic hydroxyl groups excluding tert-OH is 2. The number of fused-ring (bicyclic) bond motifs is 1. The Morgan fingerprint density at radius 3 is 2.87 bits per heavy atom. The highest BCUT2D eigenvalue weighted by molar-refractivity contribution is 8.00. The van der Waals surface area contributed by atoms with Gasteiger partial charge in [0.1, 0.15) is 18.8 Å². The minimum absolute atomic E-state index is 0.322. The van der Waals surface area contributed by atoms with E-state index in [1.165, 1.54) is 11.8 Å². The van der Waals surface area contributed by atoms with Crippen LogP contribution in [0.15, 0.2) is 4.99 Å². The van der Waals surface area contributed by atoms with Crippen molar-refractivity contribution in [3.8, 4) is 0 Å². The molecule has 2 aliphatic heterocycles. The molecule has 7 heteroatoms. The van der Waals surface area contributed by atoms with Crippen LogP contribution in [0.25, 0.3) is 0 Å². The number of aliphatic hydroxyl groups is 2. The molecule has 0 unspecified atom stereocenters. The number of thioether (sulfide) groups is 1. The fraction of sp³-hybridized carbons (Fsp3) is 0.875. The predicted octanol–water partition coefficient (Wildman–Crippen LogP) is -0.907. The summed E-state index contributed by atoms with van der Waals surface area (Å²) in [5, 5.41) is 21.4. The highest BCUT2D eigenvalue weighted by Gasteiger charge is 2.48. The highest BCUT2D eigenvalue weighted by Crippen LogP contribution is 2.37. The Hall–Kier alpha value is -0.530. The molecular formula is C8H13FN2O3S. The van der Waals surface area contributed by atoms with Crippen molar-refractivity contribution < 1.29 is 19.3 Å². The molecule has 0 saturated carbocycles. The first kappa shape index (κ1) is 11.0. The van der Waals surface area contributed by atoms with Crippen LogP contribution in [0.2, 0.25) is 0 Å². The number of nitrogens with zero attached hydrogens (tertiary/aromatic N) is 1. The average molecular weight is 236 g/mol. The molecule has 3 N–H and O–H groups in total. The normalized spacial score (nSPS) is 44.3. The molecule has 2 heterocycles. The van der Waals surface area contributed by atoms with Crippen LogP contribution in [0.3, 0.4) is 0 Å². The summed E-state index contributed by atoms with van der Waals surface area (Å²) in [6, 6.07) is -0.196. The van der Waals surface area contributed by atoms with Crippen molar-refractivity contribution >= 4 is 17.8 Å². The van der Waals surface area contributed by atoms with Crippen LogP contribution < -0.4 is 5.32 Å². The maximum atomic E-state index is 12.5. The molecule has 0 radical (unpaired) electrons. The number of halogens is 1. The van der Waals surface area contributed by atoms with Crippen LogP contribution in [-0.4, -0.2) is 58.9 Å². The largest absolute Gasteiger partial charge is 0.448 e. The van der Waals surface area contributed by atoms with Gasteiger partial charge in [0.2, 0.25) is 0 Å². The van der Waals surface area contributed by atoms with Gasteiger partial charge in [-0.1, -0.05) is 0 Å². The molecule has 0 aromatic rings. The van der Waals surface area contributed by atoms with Crippen LogP contribution >= 0.6 is 11.8 Å². The summed E-state index contributed by atoms with van der Waals surface area (Å²) < 4.78 is 17.9. The number of amidine groups is 1. The third-order valence-electron chi connectivity index (χ3n) is 2.53. The lowest BCUT2D eigenvalue weighted by atomic mass is 10.0. The lowest BCUT2D eigenvalue weighted by Crippen LogP contribution is -2.51. The molecular weight excluding hydrogens is 223 g/mol. The second-order valence-corrected chi connectivity index (χ2v) is 4.81. The molecule has 5 atom stereocenters. The quantitative estimate of drug-likeness (QED) is 0.550. The standard InChI is InChI=1S/C8H13FN2O3S/c1-10-8-11-4-6(13)5(12)3(2-9)15-7(4)14-8/h3-7,12-13H,2H2,1H3,(H,10,11)/t3-,4-,5-,6-,7+/m1/s1. The van der Waals surface area contributed by atoms with E-state index in [-0.39, 0.29) is 0 Å². The molecule has 0 bridgehead atoms. The van der Waals surface area contributed by atoms with Gasteiger partial charge in [-0.2, -0.15) is 0 Å². The number of rotatable bonds is 1. The van der Waals surface area contributed by atoms with E-state index in [4.69, 9.17) is 4.74 Å². The minimum atomic E-state index is -1.09. The van der Waals surface area contributed by atoms with Gasteiger partial charge >= 0.3 is 0 Å². The van der Waals surface area contributed by atoms with Crippen LogP contribution in [-0.2, 0) is 4.74 Å². The van der Waals surface area contributed by atoms with E-state index < -0.39 is 35.6 Å². The Kier molecular flexibility index (Phi) is 3.03. The summed E-state index contributed by atoms with van der Waals surface area (Å²) in [6.07, 6.45) is -2.16. The van der Waals surface area contributed by atoms with Crippen LogP contribution in [0.5, 0.6) is 0 Å². The van der Waals surface area contributed by atoms with E-state index in [1.807, 2.05) is 0 Å². The summed E-state index contributed by atoms with van der Waals surface area (Å²) >= 11 is 1.17. The summed E-state index contributed by atoms with van der Waals surface area (Å²) in [5.74, 6) is 0. The van der Waals surface area contributed by atoms with Gasteiger partial charge in [0.05, 0.1) is 11.4 Å². The van der Waals surface area contributed by atoms with Gasteiger partial charge in [-0.05, 0) is 0 Å². The summed E-state index contributed by atoms with van der Waals surface area (Å²) in [7, 11) is 1.65. The van der Waals surface area contributed by atoms with Gasteiger partial charge in [0, 0.05) is 7.05 Å². The molecule has 15 heavy (non-hydrogen) atoms. The van der Waals surface area contributed by atoms with Crippen molar-refractivity contribution in [2.75, 3.05) is 13.7 Å². The summed E-state index contributed by atoms with van der Waals surface area (Å²) in [4.78, 5) is 4.06. The minimum Gasteiger partial charge on any atom is -0.448 e. The van der Waals surface area contributed by atoms with Crippen molar-refractivity contribution in [2.45, 2.75) is 28.9 Å². The third kappa shape index (κ3) is 1.79. The smallest absolute Gasteiger partial charge is 0.286 e. The third-order valence-corrected chi connectivity index (χ3v) is 3.93. The number of hydrogen-bond donors (Lipinski definition) is 3. The SMILES string of the molecule is CNC1=N[C@@H]2[C@@H](O)[C@H](O)[C@@H](CF)S[C@@H]2O1. The number of aliphatic imine (C=N–C) groups is 1. The van der Waals surface area contributed by atoms with Gasteiger partial charge in [-0.25, -0.2) is 9.38 Å². The first-order valence-electron chi connectivity index (χ1n) is 4.67.